The minimum atomic E-state index is -0.922. The molecule has 9 nitrogen and oxygen atoms in total. The van der Waals surface area contributed by atoms with E-state index in [1.165, 1.54) is 29.5 Å². The monoisotopic (exact) mass is 434 g/mol. The van der Waals surface area contributed by atoms with E-state index in [1.54, 1.807) is 19.9 Å². The number of nitrogens with one attached hydrogen (secondary N) is 2. The Labute approximate surface area is 179 Å². The number of benzene rings is 1. The highest BCUT2D eigenvalue weighted by molar-refractivity contribution is 7.11. The van der Waals surface area contributed by atoms with Gasteiger partial charge in [0.15, 0.2) is 0 Å². The van der Waals surface area contributed by atoms with Crippen LogP contribution >= 0.6 is 11.3 Å². The lowest BCUT2D eigenvalue weighted by Crippen LogP contribution is -2.40. The van der Waals surface area contributed by atoms with Crippen molar-refractivity contribution in [2.24, 2.45) is 0 Å². The van der Waals surface area contributed by atoms with Crippen LogP contribution in [-0.4, -0.2) is 28.0 Å². The lowest BCUT2D eigenvalue weighted by atomic mass is 10.0. The van der Waals surface area contributed by atoms with Crippen LogP contribution in [0.1, 0.15) is 60.4 Å². The van der Waals surface area contributed by atoms with Crippen LogP contribution in [0.25, 0.3) is 0 Å². The molecule has 2 atom stereocenters. The van der Waals surface area contributed by atoms with Crippen molar-refractivity contribution < 1.29 is 19.2 Å². The number of aryl methyl sites for hydroxylation is 2. The van der Waals surface area contributed by atoms with Crippen molar-refractivity contribution in [1.29, 1.82) is 0 Å². The summed E-state index contributed by atoms with van der Waals surface area (Å²) in [4.78, 5) is 41.0. The van der Waals surface area contributed by atoms with Crippen LogP contribution in [0.4, 0.5) is 10.5 Å². The number of para-hydroxylation sites is 1. The number of esters is 1. The molecule has 0 unspecified atom stereocenters. The van der Waals surface area contributed by atoms with Crippen LogP contribution in [-0.2, 0) is 9.53 Å². The van der Waals surface area contributed by atoms with Gasteiger partial charge in [-0.1, -0.05) is 18.2 Å². The molecule has 1 aromatic heterocycles. The van der Waals surface area contributed by atoms with Gasteiger partial charge in [-0.3, -0.25) is 14.9 Å². The van der Waals surface area contributed by atoms with E-state index in [-0.39, 0.29) is 29.8 Å². The maximum absolute atomic E-state index is 12.7. The Morgan fingerprint density at radius 3 is 2.43 bits per heavy atom. The second kappa shape index (κ2) is 10.1. The van der Waals surface area contributed by atoms with Crippen molar-refractivity contribution in [3.8, 4) is 0 Å². The number of aromatic nitrogens is 1. The molecule has 0 bridgehead atoms. The van der Waals surface area contributed by atoms with Crippen molar-refractivity contribution >= 4 is 29.0 Å². The molecule has 0 saturated carbocycles. The number of nitro benzene ring substituents is 1. The first-order valence-corrected chi connectivity index (χ1v) is 10.3. The summed E-state index contributed by atoms with van der Waals surface area (Å²) >= 11 is 1.49. The molecule has 0 fully saturated rings. The highest BCUT2D eigenvalue weighted by Gasteiger charge is 2.27. The average molecular weight is 435 g/mol. The second-order valence-corrected chi connectivity index (χ2v) is 8.37. The van der Waals surface area contributed by atoms with Crippen molar-refractivity contribution in [3.63, 3.8) is 0 Å². The summed E-state index contributed by atoms with van der Waals surface area (Å²) in [5.41, 5.74) is 0.888. The summed E-state index contributed by atoms with van der Waals surface area (Å²) in [5, 5.41) is 17.8. The third-order valence-electron chi connectivity index (χ3n) is 4.23. The zero-order valence-corrected chi connectivity index (χ0v) is 18.4. The smallest absolute Gasteiger partial charge is 0.315 e. The predicted octanol–water partition coefficient (Wildman–Crippen LogP) is 4.11. The number of carbonyl (C=O) groups excluding carboxylic acids is 2. The van der Waals surface area contributed by atoms with Gasteiger partial charge in [0.2, 0.25) is 0 Å². The van der Waals surface area contributed by atoms with Crippen molar-refractivity contribution in [2.45, 2.75) is 59.2 Å². The Morgan fingerprint density at radius 2 is 1.87 bits per heavy atom. The molecule has 0 radical (unpaired) electrons. The third-order valence-corrected chi connectivity index (χ3v) is 5.49. The molecule has 0 aliphatic heterocycles. The van der Waals surface area contributed by atoms with E-state index in [2.05, 4.69) is 15.6 Å². The summed E-state index contributed by atoms with van der Waals surface area (Å²) in [5.74, 6) is -0.560. The van der Waals surface area contributed by atoms with Gasteiger partial charge in [-0.25, -0.2) is 9.78 Å². The maximum Gasteiger partial charge on any atom is 0.315 e. The van der Waals surface area contributed by atoms with Gasteiger partial charge in [-0.15, -0.1) is 11.3 Å². The van der Waals surface area contributed by atoms with Gasteiger partial charge in [-0.2, -0.15) is 0 Å². The van der Waals surface area contributed by atoms with Crippen molar-refractivity contribution in [3.05, 3.63) is 55.5 Å². The Kier molecular flexibility index (Phi) is 7.87. The van der Waals surface area contributed by atoms with Crippen LogP contribution in [0.3, 0.4) is 0 Å². The van der Waals surface area contributed by atoms with Gasteiger partial charge in [0.25, 0.3) is 5.69 Å². The molecular weight excluding hydrogens is 408 g/mol. The van der Waals surface area contributed by atoms with E-state index >= 15 is 0 Å². The summed E-state index contributed by atoms with van der Waals surface area (Å²) in [6.07, 6.45) is -0.570. The molecule has 2 aromatic rings. The van der Waals surface area contributed by atoms with E-state index in [4.69, 9.17) is 4.74 Å². The molecule has 2 rings (SSSR count). The minimum absolute atomic E-state index is 0.179. The molecule has 0 aliphatic carbocycles. The first-order chi connectivity index (χ1) is 14.1. The Balaban J connectivity index is 2.22. The van der Waals surface area contributed by atoms with E-state index in [0.29, 0.717) is 0 Å². The van der Waals surface area contributed by atoms with Crippen LogP contribution < -0.4 is 10.6 Å². The van der Waals surface area contributed by atoms with Gasteiger partial charge >= 0.3 is 12.0 Å². The Bertz CT molecular complexity index is 928. The molecular formula is C20H26N4O5S. The summed E-state index contributed by atoms with van der Waals surface area (Å²) in [7, 11) is 0. The number of hydrogen-bond acceptors (Lipinski definition) is 7. The highest BCUT2D eigenvalue weighted by Crippen LogP contribution is 2.28. The van der Waals surface area contributed by atoms with Crippen molar-refractivity contribution in [2.75, 3.05) is 0 Å². The predicted molar refractivity (Wildman–Crippen MR) is 113 cm³/mol. The summed E-state index contributed by atoms with van der Waals surface area (Å²) in [6, 6.07) is 4.22. The van der Waals surface area contributed by atoms with Crippen LogP contribution in [0.5, 0.6) is 0 Å². The quantitative estimate of drug-likeness (QED) is 0.366. The zero-order valence-electron chi connectivity index (χ0n) is 17.6. The number of rotatable bonds is 8. The fourth-order valence-corrected chi connectivity index (χ4v) is 4.01. The fourth-order valence-electron chi connectivity index (χ4n) is 3.08. The minimum Gasteiger partial charge on any atom is -0.463 e. The normalized spacial score (nSPS) is 12.9. The molecule has 0 aliphatic rings. The van der Waals surface area contributed by atoms with Gasteiger partial charge < -0.3 is 15.4 Å². The molecule has 162 valence electrons. The van der Waals surface area contributed by atoms with E-state index < -0.39 is 23.0 Å². The number of thiazole rings is 1. The molecule has 10 heteroatoms. The molecule has 30 heavy (non-hydrogen) atoms. The van der Waals surface area contributed by atoms with Crippen LogP contribution in [0.2, 0.25) is 0 Å². The number of carbonyl (C=O) groups is 2. The van der Waals surface area contributed by atoms with Crippen molar-refractivity contribution in [1.82, 2.24) is 15.6 Å². The van der Waals surface area contributed by atoms with Crippen LogP contribution in [0, 0.1) is 24.0 Å². The van der Waals surface area contributed by atoms with E-state index in [0.717, 1.165) is 15.6 Å². The summed E-state index contributed by atoms with van der Waals surface area (Å²) in [6.45, 7) is 9.00. The summed E-state index contributed by atoms with van der Waals surface area (Å²) < 4.78 is 5.17. The van der Waals surface area contributed by atoms with Gasteiger partial charge in [-0.05, 0) is 34.6 Å². The first-order valence-electron chi connectivity index (χ1n) is 9.52. The SMILES string of the molecule is Cc1nc(C)c([C@@H](C)NC(=O)N[C@@H](CC(=O)OC(C)C)c2ccccc2[N+](=O)[O-])s1. The maximum atomic E-state index is 12.7. The molecule has 1 aromatic carbocycles. The number of urea groups is 1. The number of nitro groups is 1. The lowest BCUT2D eigenvalue weighted by Gasteiger charge is -2.21. The second-order valence-electron chi connectivity index (χ2n) is 7.13. The van der Waals surface area contributed by atoms with Gasteiger partial charge in [0.05, 0.1) is 45.8 Å². The first kappa shape index (κ1) is 23.3. The largest absolute Gasteiger partial charge is 0.463 e. The molecule has 1 heterocycles. The van der Waals surface area contributed by atoms with Gasteiger partial charge in [0.1, 0.15) is 0 Å². The topological polar surface area (TPSA) is 123 Å². The van der Waals surface area contributed by atoms with E-state index in [1.807, 2.05) is 20.8 Å². The molecule has 0 spiro atoms. The zero-order chi connectivity index (χ0) is 22.4. The molecule has 0 saturated heterocycles. The highest BCUT2D eigenvalue weighted by atomic mass is 32.1. The number of nitrogens with zero attached hydrogens (tertiary/aromatic N) is 2. The van der Waals surface area contributed by atoms with E-state index in [9.17, 15) is 19.7 Å². The Hall–Kier alpha value is -3.01. The number of ether oxygens (including phenoxy) is 1. The standard InChI is InChI=1S/C20H26N4O5S/c1-11(2)29-18(25)10-16(15-8-6-7-9-17(15)24(27)28)23-20(26)22-13(4)19-12(3)21-14(5)30-19/h6-9,11,13,16H,10H2,1-5H3,(H2,22,23,26)/t13-,16+/m1/s1. The Morgan fingerprint density at radius 1 is 1.20 bits per heavy atom. The fraction of sp³-hybridized carbons (Fsp3) is 0.450. The van der Waals surface area contributed by atoms with Crippen LogP contribution in [0.15, 0.2) is 24.3 Å². The average Bonchev–Trinajstić information content (AvgIpc) is 2.98. The number of amides is 2. The number of hydrogen-bond donors (Lipinski definition) is 2. The molecule has 2 N–H and O–H groups in total. The third kappa shape index (κ3) is 6.24. The van der Waals surface area contributed by atoms with Gasteiger partial charge in [0, 0.05) is 10.9 Å². The lowest BCUT2D eigenvalue weighted by molar-refractivity contribution is -0.385. The molecule has 2 amide bonds.